The second-order valence-corrected chi connectivity index (χ2v) is 5.85. The minimum absolute atomic E-state index is 0.247. The number of amides is 1. The zero-order valence-corrected chi connectivity index (χ0v) is 14.5. The van der Waals surface area contributed by atoms with Crippen molar-refractivity contribution in [2.75, 3.05) is 0 Å². The summed E-state index contributed by atoms with van der Waals surface area (Å²) in [5.74, 6) is -0.247. The summed E-state index contributed by atoms with van der Waals surface area (Å²) >= 11 is 0. The molecular weight excluding hydrogens is 312 g/mol. The van der Waals surface area contributed by atoms with Gasteiger partial charge in [0.15, 0.2) is 0 Å². The van der Waals surface area contributed by atoms with E-state index in [0.717, 1.165) is 22.8 Å². The van der Waals surface area contributed by atoms with Crippen molar-refractivity contribution in [2.24, 2.45) is 5.10 Å². The molecule has 1 aromatic carbocycles. The molecule has 0 saturated heterocycles. The molecule has 2 aromatic heterocycles. The molecule has 0 aliphatic rings. The van der Waals surface area contributed by atoms with E-state index in [4.69, 9.17) is 0 Å². The lowest BCUT2D eigenvalue weighted by atomic mass is 10.2. The van der Waals surface area contributed by atoms with Gasteiger partial charge in [-0.3, -0.25) is 9.78 Å². The van der Waals surface area contributed by atoms with Crippen molar-refractivity contribution >= 4 is 11.6 Å². The molecular formula is C20H20N4O. The lowest BCUT2D eigenvalue weighted by Gasteiger charge is -2.10. The molecule has 5 nitrogen and oxygen atoms in total. The number of hydrogen-bond acceptors (Lipinski definition) is 3. The predicted molar refractivity (Wildman–Crippen MR) is 99.2 cm³/mol. The van der Waals surface area contributed by atoms with Crippen LogP contribution in [0.5, 0.6) is 0 Å². The SMILES string of the molecule is C/C(=N\NC(=O)c1ccc(-n2c(C)ccc2C)cc1)c1ccccn1. The molecule has 0 saturated carbocycles. The maximum absolute atomic E-state index is 12.3. The largest absolute Gasteiger partial charge is 0.319 e. The second-order valence-electron chi connectivity index (χ2n) is 5.85. The molecule has 3 rings (SSSR count). The molecule has 5 heteroatoms. The number of rotatable bonds is 4. The van der Waals surface area contributed by atoms with Gasteiger partial charge in [0.2, 0.25) is 0 Å². The molecule has 0 atom stereocenters. The predicted octanol–water partition coefficient (Wildman–Crippen LogP) is 3.64. The van der Waals surface area contributed by atoms with Gasteiger partial charge < -0.3 is 4.57 Å². The van der Waals surface area contributed by atoms with Crippen LogP contribution in [0.3, 0.4) is 0 Å². The van der Waals surface area contributed by atoms with Gasteiger partial charge in [-0.1, -0.05) is 6.07 Å². The van der Waals surface area contributed by atoms with E-state index < -0.39 is 0 Å². The van der Waals surface area contributed by atoms with Crippen molar-refractivity contribution in [3.63, 3.8) is 0 Å². The number of nitrogens with zero attached hydrogens (tertiary/aromatic N) is 3. The molecule has 3 aromatic rings. The highest BCUT2D eigenvalue weighted by atomic mass is 16.2. The Bertz CT molecular complexity index is 889. The Labute approximate surface area is 147 Å². The molecule has 126 valence electrons. The molecule has 1 amide bonds. The number of aryl methyl sites for hydroxylation is 2. The summed E-state index contributed by atoms with van der Waals surface area (Å²) < 4.78 is 2.14. The minimum Gasteiger partial charge on any atom is -0.319 e. The van der Waals surface area contributed by atoms with Crippen LogP contribution in [0.4, 0.5) is 0 Å². The highest BCUT2D eigenvalue weighted by Crippen LogP contribution is 2.16. The highest BCUT2D eigenvalue weighted by molar-refractivity contribution is 5.99. The first kappa shape index (κ1) is 16.6. The first-order valence-electron chi connectivity index (χ1n) is 8.07. The molecule has 0 radical (unpaired) electrons. The van der Waals surface area contributed by atoms with Crippen molar-refractivity contribution in [3.8, 4) is 5.69 Å². The monoisotopic (exact) mass is 332 g/mol. The molecule has 1 N–H and O–H groups in total. The van der Waals surface area contributed by atoms with Crippen LogP contribution in [0.2, 0.25) is 0 Å². The molecule has 0 fully saturated rings. The average Bonchev–Trinajstić information content (AvgIpc) is 2.98. The van der Waals surface area contributed by atoms with Crippen LogP contribution in [0.25, 0.3) is 5.69 Å². The smallest absolute Gasteiger partial charge is 0.271 e. The molecule has 25 heavy (non-hydrogen) atoms. The van der Waals surface area contributed by atoms with Gasteiger partial charge in [-0.2, -0.15) is 5.10 Å². The van der Waals surface area contributed by atoms with Crippen molar-refractivity contribution in [3.05, 3.63) is 83.4 Å². The number of carbonyl (C=O) groups is 1. The molecule has 0 aliphatic heterocycles. The lowest BCUT2D eigenvalue weighted by molar-refractivity contribution is 0.0955. The maximum atomic E-state index is 12.3. The number of benzene rings is 1. The van der Waals surface area contributed by atoms with Crippen molar-refractivity contribution in [1.82, 2.24) is 15.0 Å². The summed E-state index contributed by atoms with van der Waals surface area (Å²) in [7, 11) is 0. The molecule has 2 heterocycles. The third-order valence-electron chi connectivity index (χ3n) is 4.02. The van der Waals surface area contributed by atoms with E-state index in [9.17, 15) is 4.79 Å². The fourth-order valence-corrected chi connectivity index (χ4v) is 2.67. The van der Waals surface area contributed by atoms with E-state index in [1.807, 2.05) is 37.3 Å². The molecule has 0 bridgehead atoms. The van der Waals surface area contributed by atoms with E-state index >= 15 is 0 Å². The fourth-order valence-electron chi connectivity index (χ4n) is 2.67. The summed E-state index contributed by atoms with van der Waals surface area (Å²) in [5, 5.41) is 4.12. The summed E-state index contributed by atoms with van der Waals surface area (Å²) in [6.07, 6.45) is 1.69. The van der Waals surface area contributed by atoms with Crippen LogP contribution in [0.1, 0.15) is 34.4 Å². The first-order valence-corrected chi connectivity index (χ1v) is 8.07. The highest BCUT2D eigenvalue weighted by Gasteiger charge is 2.08. The maximum Gasteiger partial charge on any atom is 0.271 e. The average molecular weight is 332 g/mol. The third kappa shape index (κ3) is 3.66. The number of hydrogen-bond donors (Lipinski definition) is 1. The Morgan fingerprint density at radius 2 is 1.68 bits per heavy atom. The van der Waals surface area contributed by atoms with E-state index in [2.05, 4.69) is 46.1 Å². The van der Waals surface area contributed by atoms with Crippen LogP contribution >= 0.6 is 0 Å². The number of hydrazone groups is 1. The van der Waals surface area contributed by atoms with Gasteiger partial charge in [0.1, 0.15) is 0 Å². The Balaban J connectivity index is 1.73. The van der Waals surface area contributed by atoms with E-state index in [0.29, 0.717) is 11.3 Å². The van der Waals surface area contributed by atoms with Gasteiger partial charge in [-0.25, -0.2) is 5.43 Å². The number of nitrogens with one attached hydrogen (secondary N) is 1. The van der Waals surface area contributed by atoms with Gasteiger partial charge in [0.05, 0.1) is 11.4 Å². The van der Waals surface area contributed by atoms with Gasteiger partial charge in [-0.15, -0.1) is 0 Å². The summed E-state index contributed by atoms with van der Waals surface area (Å²) in [6.45, 7) is 5.93. The minimum atomic E-state index is -0.247. The third-order valence-corrected chi connectivity index (χ3v) is 4.02. The topological polar surface area (TPSA) is 59.3 Å². The van der Waals surface area contributed by atoms with Gasteiger partial charge in [0.25, 0.3) is 5.91 Å². The Kier molecular flexibility index (Phi) is 4.75. The zero-order valence-electron chi connectivity index (χ0n) is 14.5. The molecule has 0 aliphatic carbocycles. The number of carbonyl (C=O) groups excluding carboxylic acids is 1. The second kappa shape index (κ2) is 7.13. The van der Waals surface area contributed by atoms with Gasteiger partial charge in [-0.05, 0) is 69.3 Å². The van der Waals surface area contributed by atoms with E-state index in [-0.39, 0.29) is 5.91 Å². The first-order chi connectivity index (χ1) is 12.1. The molecule has 0 spiro atoms. The zero-order chi connectivity index (χ0) is 17.8. The Morgan fingerprint density at radius 1 is 1.00 bits per heavy atom. The summed E-state index contributed by atoms with van der Waals surface area (Å²) in [6, 6.07) is 17.2. The van der Waals surface area contributed by atoms with Crippen LogP contribution < -0.4 is 5.43 Å². The normalized spacial score (nSPS) is 11.4. The van der Waals surface area contributed by atoms with Gasteiger partial charge >= 0.3 is 0 Å². The Hall–Kier alpha value is -3.21. The number of pyridine rings is 1. The van der Waals surface area contributed by atoms with Crippen LogP contribution in [-0.4, -0.2) is 21.2 Å². The van der Waals surface area contributed by atoms with E-state index in [1.165, 1.54) is 0 Å². The number of aromatic nitrogens is 2. The fraction of sp³-hybridized carbons (Fsp3) is 0.150. The summed E-state index contributed by atoms with van der Waals surface area (Å²) in [5.41, 5.74) is 7.87. The van der Waals surface area contributed by atoms with Crippen molar-refractivity contribution in [2.45, 2.75) is 20.8 Å². The van der Waals surface area contributed by atoms with Gasteiger partial charge in [0, 0.05) is 28.8 Å². The van der Waals surface area contributed by atoms with Crippen molar-refractivity contribution in [1.29, 1.82) is 0 Å². The lowest BCUT2D eigenvalue weighted by Crippen LogP contribution is -2.19. The molecule has 0 unspecified atom stereocenters. The van der Waals surface area contributed by atoms with Crippen molar-refractivity contribution < 1.29 is 4.79 Å². The van der Waals surface area contributed by atoms with Crippen LogP contribution in [0, 0.1) is 13.8 Å². The van der Waals surface area contributed by atoms with Crippen LogP contribution in [-0.2, 0) is 0 Å². The quantitative estimate of drug-likeness (QED) is 0.586. The van der Waals surface area contributed by atoms with E-state index in [1.54, 1.807) is 18.3 Å². The summed E-state index contributed by atoms with van der Waals surface area (Å²) in [4.78, 5) is 16.5. The Morgan fingerprint density at radius 3 is 2.28 bits per heavy atom. The van der Waals surface area contributed by atoms with Crippen LogP contribution in [0.15, 0.2) is 65.9 Å². The standard InChI is InChI=1S/C20H20N4O/c1-14-7-8-15(2)24(14)18-11-9-17(10-12-18)20(25)23-22-16(3)19-6-4-5-13-21-19/h4-13H,1-3H3,(H,23,25)/b22-16+.